The van der Waals surface area contributed by atoms with E-state index in [1.165, 1.54) is 0 Å². The lowest BCUT2D eigenvalue weighted by Gasteiger charge is -2.34. The van der Waals surface area contributed by atoms with Gasteiger partial charge in [-0.2, -0.15) is 0 Å². The second-order valence-electron chi connectivity index (χ2n) is 4.80. The number of halogens is 2. The van der Waals surface area contributed by atoms with Gasteiger partial charge in [0, 0.05) is 23.1 Å². The van der Waals surface area contributed by atoms with Crippen LogP contribution in [0.5, 0.6) is 0 Å². The number of aliphatic hydroxyl groups is 1. The molecule has 1 amide bonds. The zero-order valence-corrected chi connectivity index (χ0v) is 12.4. The predicted octanol–water partition coefficient (Wildman–Crippen LogP) is 2.95. The van der Waals surface area contributed by atoms with E-state index in [0.717, 1.165) is 12.8 Å². The van der Waals surface area contributed by atoms with E-state index in [0.29, 0.717) is 27.5 Å². The van der Waals surface area contributed by atoms with Crippen LogP contribution in [0.15, 0.2) is 22.7 Å². The lowest BCUT2D eigenvalue weighted by atomic mass is 9.82. The minimum atomic E-state index is -0.180. The van der Waals surface area contributed by atoms with Crippen molar-refractivity contribution in [1.82, 2.24) is 4.90 Å². The summed E-state index contributed by atoms with van der Waals surface area (Å²) in [7, 11) is 1.79. The molecule has 1 fully saturated rings. The molecule has 1 aliphatic carbocycles. The van der Waals surface area contributed by atoms with Crippen molar-refractivity contribution in [2.75, 3.05) is 13.6 Å². The highest BCUT2D eigenvalue weighted by molar-refractivity contribution is 9.10. The molecule has 1 aromatic carbocycles. The van der Waals surface area contributed by atoms with Gasteiger partial charge in [0.2, 0.25) is 0 Å². The van der Waals surface area contributed by atoms with Crippen LogP contribution in [-0.4, -0.2) is 35.6 Å². The smallest absolute Gasteiger partial charge is 0.254 e. The van der Waals surface area contributed by atoms with Gasteiger partial charge in [0.1, 0.15) is 0 Å². The number of rotatable bonds is 3. The van der Waals surface area contributed by atoms with E-state index in [4.69, 9.17) is 11.6 Å². The van der Waals surface area contributed by atoms with Gasteiger partial charge in [-0.3, -0.25) is 4.79 Å². The maximum atomic E-state index is 12.2. The van der Waals surface area contributed by atoms with Crippen molar-refractivity contribution in [1.29, 1.82) is 0 Å². The monoisotopic (exact) mass is 331 g/mol. The van der Waals surface area contributed by atoms with Crippen LogP contribution in [0.4, 0.5) is 0 Å². The zero-order chi connectivity index (χ0) is 13.3. The minimum Gasteiger partial charge on any atom is -0.393 e. The molecule has 0 spiro atoms. The van der Waals surface area contributed by atoms with Crippen LogP contribution >= 0.6 is 27.5 Å². The van der Waals surface area contributed by atoms with Gasteiger partial charge in [-0.1, -0.05) is 11.6 Å². The number of aliphatic hydroxyl groups excluding tert-OH is 1. The van der Waals surface area contributed by atoms with Gasteiger partial charge in [0.25, 0.3) is 5.91 Å². The van der Waals surface area contributed by atoms with E-state index in [2.05, 4.69) is 15.9 Å². The van der Waals surface area contributed by atoms with E-state index >= 15 is 0 Å². The van der Waals surface area contributed by atoms with Crippen molar-refractivity contribution < 1.29 is 9.90 Å². The van der Waals surface area contributed by atoms with Crippen molar-refractivity contribution in [3.8, 4) is 0 Å². The Morgan fingerprint density at radius 2 is 2.22 bits per heavy atom. The highest BCUT2D eigenvalue weighted by atomic mass is 79.9. The first kappa shape index (κ1) is 13.8. The zero-order valence-electron chi connectivity index (χ0n) is 10.1. The van der Waals surface area contributed by atoms with E-state index in [1.807, 2.05) is 0 Å². The molecule has 0 atom stereocenters. The Bertz CT molecular complexity index is 460. The van der Waals surface area contributed by atoms with Crippen molar-refractivity contribution in [3.05, 3.63) is 33.3 Å². The largest absolute Gasteiger partial charge is 0.393 e. The molecule has 1 saturated carbocycles. The number of carbonyl (C=O) groups is 1. The molecule has 5 heteroatoms. The van der Waals surface area contributed by atoms with Crippen LogP contribution in [0.1, 0.15) is 23.2 Å². The average Bonchev–Trinajstić information content (AvgIpc) is 2.26. The Hall–Kier alpha value is -0.580. The number of hydrogen-bond acceptors (Lipinski definition) is 2. The third kappa shape index (κ3) is 3.05. The summed E-state index contributed by atoms with van der Waals surface area (Å²) in [6, 6.07) is 5.15. The lowest BCUT2D eigenvalue weighted by Crippen LogP contribution is -2.39. The highest BCUT2D eigenvalue weighted by Gasteiger charge is 2.29. The molecular formula is C13H15BrClNO2. The van der Waals surface area contributed by atoms with Crippen LogP contribution in [0, 0.1) is 5.92 Å². The topological polar surface area (TPSA) is 40.5 Å². The average molecular weight is 333 g/mol. The summed E-state index contributed by atoms with van der Waals surface area (Å²) in [6.07, 6.45) is 1.40. The summed E-state index contributed by atoms with van der Waals surface area (Å²) in [4.78, 5) is 13.9. The molecule has 0 radical (unpaired) electrons. The predicted molar refractivity (Wildman–Crippen MR) is 74.8 cm³/mol. The fourth-order valence-electron chi connectivity index (χ4n) is 2.19. The van der Waals surface area contributed by atoms with Gasteiger partial charge in [-0.05, 0) is 52.9 Å². The third-order valence-corrected chi connectivity index (χ3v) is 4.14. The van der Waals surface area contributed by atoms with E-state index in [-0.39, 0.29) is 12.0 Å². The van der Waals surface area contributed by atoms with Crippen LogP contribution in [-0.2, 0) is 0 Å². The van der Waals surface area contributed by atoms with Gasteiger partial charge in [-0.25, -0.2) is 0 Å². The number of carbonyl (C=O) groups excluding carboxylic acids is 1. The maximum absolute atomic E-state index is 12.2. The standard InChI is InChI=1S/C13H15BrClNO2/c1-16(7-8-4-10(17)5-8)13(18)11-3-2-9(15)6-12(11)14/h2-3,6,8,10,17H,4-5,7H2,1H3. The van der Waals surface area contributed by atoms with E-state index < -0.39 is 0 Å². The quantitative estimate of drug-likeness (QED) is 0.924. The van der Waals surface area contributed by atoms with Crippen LogP contribution in [0.2, 0.25) is 5.02 Å². The fourth-order valence-corrected chi connectivity index (χ4v) is 3.04. The Kier molecular flexibility index (Phi) is 4.30. The van der Waals surface area contributed by atoms with Gasteiger partial charge in [-0.15, -0.1) is 0 Å². The number of amides is 1. The molecular weight excluding hydrogens is 318 g/mol. The van der Waals surface area contributed by atoms with Crippen molar-refractivity contribution in [2.45, 2.75) is 18.9 Å². The Balaban J connectivity index is 2.01. The molecule has 0 bridgehead atoms. The van der Waals surface area contributed by atoms with Crippen molar-refractivity contribution in [2.24, 2.45) is 5.92 Å². The molecule has 2 rings (SSSR count). The van der Waals surface area contributed by atoms with Crippen LogP contribution in [0.25, 0.3) is 0 Å². The minimum absolute atomic E-state index is 0.0278. The van der Waals surface area contributed by atoms with Gasteiger partial charge in [0.15, 0.2) is 0 Å². The molecule has 1 aromatic rings. The highest BCUT2D eigenvalue weighted by Crippen LogP contribution is 2.28. The molecule has 0 unspecified atom stereocenters. The molecule has 0 heterocycles. The summed E-state index contributed by atoms with van der Waals surface area (Å²) in [5.41, 5.74) is 0.613. The van der Waals surface area contributed by atoms with Crippen molar-refractivity contribution >= 4 is 33.4 Å². The number of hydrogen-bond donors (Lipinski definition) is 1. The summed E-state index contributed by atoms with van der Waals surface area (Å²) < 4.78 is 0.709. The Morgan fingerprint density at radius 3 is 2.78 bits per heavy atom. The van der Waals surface area contributed by atoms with Gasteiger partial charge in [0.05, 0.1) is 11.7 Å². The first-order valence-corrected chi connectivity index (χ1v) is 7.03. The molecule has 18 heavy (non-hydrogen) atoms. The normalized spacial score (nSPS) is 22.4. The molecule has 0 saturated heterocycles. The van der Waals surface area contributed by atoms with Crippen LogP contribution < -0.4 is 0 Å². The second kappa shape index (κ2) is 5.59. The van der Waals surface area contributed by atoms with Gasteiger partial charge < -0.3 is 10.0 Å². The Labute approximate surface area is 120 Å². The Morgan fingerprint density at radius 1 is 1.56 bits per heavy atom. The first-order valence-electron chi connectivity index (χ1n) is 5.86. The molecule has 98 valence electrons. The van der Waals surface area contributed by atoms with Gasteiger partial charge >= 0.3 is 0 Å². The third-order valence-electron chi connectivity index (χ3n) is 3.25. The summed E-state index contributed by atoms with van der Waals surface area (Å²) in [6.45, 7) is 0.685. The molecule has 0 aliphatic heterocycles. The lowest BCUT2D eigenvalue weighted by molar-refractivity contribution is 0.0265. The number of benzene rings is 1. The summed E-state index contributed by atoms with van der Waals surface area (Å²) >= 11 is 9.20. The first-order chi connectivity index (χ1) is 8.47. The van der Waals surface area contributed by atoms with Crippen molar-refractivity contribution in [3.63, 3.8) is 0 Å². The van der Waals surface area contributed by atoms with E-state index in [1.54, 1.807) is 30.1 Å². The maximum Gasteiger partial charge on any atom is 0.254 e. The second-order valence-corrected chi connectivity index (χ2v) is 6.09. The molecule has 3 nitrogen and oxygen atoms in total. The van der Waals surface area contributed by atoms with Crippen LogP contribution in [0.3, 0.4) is 0 Å². The molecule has 1 aliphatic rings. The number of nitrogens with zero attached hydrogens (tertiary/aromatic N) is 1. The SMILES string of the molecule is CN(CC1CC(O)C1)C(=O)c1ccc(Cl)cc1Br. The summed E-state index contributed by atoms with van der Waals surface area (Å²) in [5.74, 6) is 0.389. The molecule has 1 N–H and O–H groups in total. The molecule has 0 aromatic heterocycles. The summed E-state index contributed by atoms with van der Waals surface area (Å²) in [5, 5.41) is 9.84. The van der Waals surface area contributed by atoms with E-state index in [9.17, 15) is 9.90 Å². The fraction of sp³-hybridized carbons (Fsp3) is 0.462.